The van der Waals surface area contributed by atoms with E-state index in [2.05, 4.69) is 50.8 Å². The lowest BCUT2D eigenvalue weighted by atomic mass is 10.2. The highest BCUT2D eigenvalue weighted by Gasteiger charge is 2.03. The number of benzene rings is 2. The standard InChI is InChI=1S/C19H25BrN2O2/c20-18-13-17(14-22-10-4-9-21-11-12-23)7-8-19(18)24-15-16-5-2-1-3-6-16/h1-3,5-8,13,21-23H,4,9-12,14-15H2. The number of halogens is 1. The van der Waals surface area contributed by atoms with Crippen molar-refractivity contribution in [1.82, 2.24) is 10.6 Å². The summed E-state index contributed by atoms with van der Waals surface area (Å²) in [6.45, 7) is 4.12. The zero-order chi connectivity index (χ0) is 17.0. The largest absolute Gasteiger partial charge is 0.488 e. The van der Waals surface area contributed by atoms with E-state index in [-0.39, 0.29) is 6.61 Å². The summed E-state index contributed by atoms with van der Waals surface area (Å²) in [5.74, 6) is 0.857. The second-order valence-electron chi connectivity index (χ2n) is 5.54. The summed E-state index contributed by atoms with van der Waals surface area (Å²) < 4.78 is 6.84. The minimum absolute atomic E-state index is 0.195. The second-order valence-corrected chi connectivity index (χ2v) is 6.40. The van der Waals surface area contributed by atoms with Crippen molar-refractivity contribution >= 4 is 15.9 Å². The Morgan fingerprint density at radius 3 is 2.46 bits per heavy atom. The van der Waals surface area contributed by atoms with Crippen molar-refractivity contribution in [3.05, 3.63) is 64.1 Å². The van der Waals surface area contributed by atoms with Crippen LogP contribution in [0.25, 0.3) is 0 Å². The van der Waals surface area contributed by atoms with Gasteiger partial charge in [0.25, 0.3) is 0 Å². The van der Waals surface area contributed by atoms with Crippen LogP contribution < -0.4 is 15.4 Å². The van der Waals surface area contributed by atoms with Gasteiger partial charge in [0.2, 0.25) is 0 Å². The zero-order valence-corrected chi connectivity index (χ0v) is 15.4. The van der Waals surface area contributed by atoms with Crippen LogP contribution in [0, 0.1) is 0 Å². The Bertz CT molecular complexity index is 593. The summed E-state index contributed by atoms with van der Waals surface area (Å²) in [6.07, 6.45) is 1.04. The number of ether oxygens (including phenoxy) is 1. The molecule has 3 N–H and O–H groups in total. The molecule has 0 fully saturated rings. The van der Waals surface area contributed by atoms with Crippen molar-refractivity contribution in [3.8, 4) is 5.75 Å². The van der Waals surface area contributed by atoms with Crippen LogP contribution in [0.5, 0.6) is 5.75 Å². The average molecular weight is 393 g/mol. The van der Waals surface area contributed by atoms with Gasteiger partial charge >= 0.3 is 0 Å². The summed E-state index contributed by atoms with van der Waals surface area (Å²) in [5, 5.41) is 15.3. The SMILES string of the molecule is OCCNCCCNCc1ccc(OCc2ccccc2)c(Br)c1. The maximum absolute atomic E-state index is 8.68. The molecule has 24 heavy (non-hydrogen) atoms. The Labute approximate surface area is 152 Å². The number of hydrogen-bond acceptors (Lipinski definition) is 4. The smallest absolute Gasteiger partial charge is 0.134 e. The van der Waals surface area contributed by atoms with Crippen LogP contribution in [-0.2, 0) is 13.2 Å². The van der Waals surface area contributed by atoms with Gasteiger partial charge in [-0.25, -0.2) is 0 Å². The molecule has 0 unspecified atom stereocenters. The fourth-order valence-corrected chi connectivity index (χ4v) is 2.82. The first-order valence-corrected chi connectivity index (χ1v) is 9.06. The molecule has 0 atom stereocenters. The highest BCUT2D eigenvalue weighted by Crippen LogP contribution is 2.26. The minimum Gasteiger partial charge on any atom is -0.488 e. The maximum atomic E-state index is 8.68. The highest BCUT2D eigenvalue weighted by atomic mass is 79.9. The molecule has 0 saturated carbocycles. The van der Waals surface area contributed by atoms with Gasteiger partial charge in [0.1, 0.15) is 12.4 Å². The van der Waals surface area contributed by atoms with Gasteiger partial charge in [-0.1, -0.05) is 36.4 Å². The molecular formula is C19H25BrN2O2. The van der Waals surface area contributed by atoms with Crippen molar-refractivity contribution in [3.63, 3.8) is 0 Å². The topological polar surface area (TPSA) is 53.5 Å². The predicted octanol–water partition coefficient (Wildman–Crippen LogP) is 3.09. The van der Waals surface area contributed by atoms with E-state index < -0.39 is 0 Å². The maximum Gasteiger partial charge on any atom is 0.134 e. The van der Waals surface area contributed by atoms with Crippen LogP contribution in [0.2, 0.25) is 0 Å². The normalized spacial score (nSPS) is 10.8. The molecule has 4 nitrogen and oxygen atoms in total. The molecular weight excluding hydrogens is 368 g/mol. The first-order valence-electron chi connectivity index (χ1n) is 8.27. The van der Waals surface area contributed by atoms with Crippen LogP contribution >= 0.6 is 15.9 Å². The van der Waals surface area contributed by atoms with Crippen molar-refractivity contribution in [2.75, 3.05) is 26.2 Å². The summed E-state index contributed by atoms with van der Waals surface area (Å²) in [7, 11) is 0. The molecule has 5 heteroatoms. The molecule has 0 aliphatic heterocycles. The number of aliphatic hydroxyl groups is 1. The Morgan fingerprint density at radius 1 is 0.917 bits per heavy atom. The predicted molar refractivity (Wildman–Crippen MR) is 101 cm³/mol. The van der Waals surface area contributed by atoms with Crippen LogP contribution in [-0.4, -0.2) is 31.3 Å². The van der Waals surface area contributed by atoms with Gasteiger partial charge in [-0.3, -0.25) is 0 Å². The molecule has 130 valence electrons. The lowest BCUT2D eigenvalue weighted by Gasteiger charge is -2.11. The third-order valence-electron chi connectivity index (χ3n) is 3.56. The lowest BCUT2D eigenvalue weighted by molar-refractivity contribution is 0.292. The first-order chi connectivity index (χ1) is 11.8. The van der Waals surface area contributed by atoms with Crippen molar-refractivity contribution in [2.45, 2.75) is 19.6 Å². The van der Waals surface area contributed by atoms with Gasteiger partial charge in [-0.15, -0.1) is 0 Å². The van der Waals surface area contributed by atoms with Gasteiger partial charge in [0, 0.05) is 13.1 Å². The van der Waals surface area contributed by atoms with Crippen molar-refractivity contribution in [1.29, 1.82) is 0 Å². The van der Waals surface area contributed by atoms with E-state index in [1.807, 2.05) is 24.3 Å². The van der Waals surface area contributed by atoms with Crippen LogP contribution in [0.4, 0.5) is 0 Å². The molecule has 0 aliphatic rings. The molecule has 2 rings (SSSR count). The van der Waals surface area contributed by atoms with E-state index in [1.54, 1.807) is 0 Å². The van der Waals surface area contributed by atoms with Gasteiger partial charge < -0.3 is 20.5 Å². The molecule has 0 heterocycles. The lowest BCUT2D eigenvalue weighted by Crippen LogP contribution is -2.23. The molecule has 0 saturated heterocycles. The summed E-state index contributed by atoms with van der Waals surface area (Å²) in [5.41, 5.74) is 2.38. The summed E-state index contributed by atoms with van der Waals surface area (Å²) in [4.78, 5) is 0. The van der Waals surface area contributed by atoms with Gasteiger partial charge in [-0.2, -0.15) is 0 Å². The number of rotatable bonds is 11. The number of hydrogen-bond donors (Lipinski definition) is 3. The Morgan fingerprint density at radius 2 is 1.71 bits per heavy atom. The minimum atomic E-state index is 0.195. The molecule has 0 radical (unpaired) electrons. The second kappa shape index (κ2) is 11.2. The van der Waals surface area contributed by atoms with Crippen LogP contribution in [0.15, 0.2) is 53.0 Å². The third-order valence-corrected chi connectivity index (χ3v) is 4.18. The fraction of sp³-hybridized carbons (Fsp3) is 0.368. The molecule has 0 amide bonds. The van der Waals surface area contributed by atoms with Gasteiger partial charge in [0.05, 0.1) is 11.1 Å². The van der Waals surface area contributed by atoms with Gasteiger partial charge in [-0.05, 0) is 58.7 Å². The monoisotopic (exact) mass is 392 g/mol. The molecule has 2 aromatic rings. The molecule has 2 aromatic carbocycles. The fourth-order valence-electron chi connectivity index (χ4n) is 2.28. The van der Waals surface area contributed by atoms with Gasteiger partial charge in [0.15, 0.2) is 0 Å². The average Bonchev–Trinajstić information content (AvgIpc) is 2.61. The summed E-state index contributed by atoms with van der Waals surface area (Å²) in [6, 6.07) is 16.3. The Kier molecular flexibility index (Phi) is 8.84. The molecule has 0 aromatic heterocycles. The Balaban J connectivity index is 1.71. The quantitative estimate of drug-likeness (QED) is 0.514. The van der Waals surface area contributed by atoms with E-state index >= 15 is 0 Å². The van der Waals surface area contributed by atoms with Crippen LogP contribution in [0.3, 0.4) is 0 Å². The van der Waals surface area contributed by atoms with Crippen molar-refractivity contribution in [2.24, 2.45) is 0 Å². The van der Waals surface area contributed by atoms with E-state index in [4.69, 9.17) is 9.84 Å². The molecule has 0 spiro atoms. The third kappa shape index (κ3) is 7.01. The van der Waals surface area contributed by atoms with E-state index in [0.29, 0.717) is 13.2 Å². The van der Waals surface area contributed by atoms with E-state index in [9.17, 15) is 0 Å². The van der Waals surface area contributed by atoms with Crippen LogP contribution in [0.1, 0.15) is 17.5 Å². The highest BCUT2D eigenvalue weighted by molar-refractivity contribution is 9.10. The van der Waals surface area contributed by atoms with E-state index in [0.717, 1.165) is 41.8 Å². The molecule has 0 aliphatic carbocycles. The first kappa shape index (κ1) is 18.9. The molecule has 0 bridgehead atoms. The number of nitrogens with one attached hydrogen (secondary N) is 2. The van der Waals surface area contributed by atoms with Crippen molar-refractivity contribution < 1.29 is 9.84 Å². The van der Waals surface area contributed by atoms with E-state index in [1.165, 1.54) is 5.56 Å². The summed E-state index contributed by atoms with van der Waals surface area (Å²) >= 11 is 3.59. The Hall–Kier alpha value is -1.40. The number of aliphatic hydroxyl groups excluding tert-OH is 1. The zero-order valence-electron chi connectivity index (χ0n) is 13.8.